The van der Waals surface area contributed by atoms with Crippen molar-refractivity contribution in [1.82, 2.24) is 19.6 Å². The number of aromatic nitrogens is 4. The van der Waals surface area contributed by atoms with Crippen LogP contribution < -0.4 is 10.9 Å². The molecule has 4 aromatic rings. The second-order valence-electron chi connectivity index (χ2n) is 5.96. The molecule has 0 unspecified atom stereocenters. The zero-order valence-electron chi connectivity index (χ0n) is 14.9. The first-order valence-corrected chi connectivity index (χ1v) is 10.8. The minimum Gasteiger partial charge on any atom is -0.330 e. The summed E-state index contributed by atoms with van der Waals surface area (Å²) in [5.74, 6) is 0.536. The van der Waals surface area contributed by atoms with Crippen LogP contribution in [0.5, 0.6) is 0 Å². The Bertz CT molecular complexity index is 1190. The maximum absolute atomic E-state index is 12.3. The van der Waals surface area contributed by atoms with Crippen LogP contribution in [-0.2, 0) is 12.2 Å². The van der Waals surface area contributed by atoms with Gasteiger partial charge in [-0.15, -0.1) is 10.2 Å². The molecule has 28 heavy (non-hydrogen) atoms. The Labute approximate surface area is 174 Å². The lowest BCUT2D eigenvalue weighted by Crippen LogP contribution is -2.14. The number of nitrogens with one attached hydrogen (secondary N) is 1. The van der Waals surface area contributed by atoms with Crippen molar-refractivity contribution in [1.29, 1.82) is 0 Å². The number of anilines is 2. The third-order valence-electron chi connectivity index (χ3n) is 4.07. The van der Waals surface area contributed by atoms with Gasteiger partial charge in [-0.1, -0.05) is 59.8 Å². The molecule has 0 saturated heterocycles. The molecule has 3 heterocycles. The first kappa shape index (κ1) is 18.9. The minimum absolute atomic E-state index is 0.154. The summed E-state index contributed by atoms with van der Waals surface area (Å²) in [4.78, 5) is 16.8. The maximum Gasteiger partial charge on any atom is 0.258 e. The van der Waals surface area contributed by atoms with Crippen LogP contribution in [0.15, 0.2) is 57.8 Å². The quantitative estimate of drug-likeness (QED) is 0.444. The van der Waals surface area contributed by atoms with Crippen molar-refractivity contribution in [2.24, 2.45) is 0 Å². The molecule has 0 amide bonds. The van der Waals surface area contributed by atoms with Crippen molar-refractivity contribution >= 4 is 51.2 Å². The highest BCUT2D eigenvalue weighted by molar-refractivity contribution is 8.00. The van der Waals surface area contributed by atoms with Gasteiger partial charge in [-0.2, -0.15) is 0 Å². The lowest BCUT2D eigenvalue weighted by Gasteiger charge is -2.07. The van der Waals surface area contributed by atoms with Crippen LogP contribution in [0.25, 0.3) is 5.65 Å². The number of hydrogen-bond donors (Lipinski definition) is 1. The summed E-state index contributed by atoms with van der Waals surface area (Å²) in [6, 6.07) is 13.1. The highest BCUT2D eigenvalue weighted by Crippen LogP contribution is 2.30. The predicted molar refractivity (Wildman–Crippen MR) is 115 cm³/mol. The summed E-state index contributed by atoms with van der Waals surface area (Å²) in [6.45, 7) is 2.12. The maximum atomic E-state index is 12.3. The molecule has 0 saturated carbocycles. The number of pyridine rings is 1. The van der Waals surface area contributed by atoms with E-state index >= 15 is 0 Å². The molecule has 0 aliphatic rings. The van der Waals surface area contributed by atoms with E-state index in [9.17, 15) is 4.79 Å². The fraction of sp³-hybridized carbons (Fsp3) is 0.158. The number of para-hydroxylation sites is 1. The van der Waals surface area contributed by atoms with E-state index in [-0.39, 0.29) is 5.56 Å². The van der Waals surface area contributed by atoms with Crippen molar-refractivity contribution in [3.8, 4) is 0 Å². The Hall–Kier alpha value is -2.42. The van der Waals surface area contributed by atoms with E-state index < -0.39 is 0 Å². The predicted octanol–water partition coefficient (Wildman–Crippen LogP) is 4.80. The fourth-order valence-electron chi connectivity index (χ4n) is 2.72. The molecule has 0 aliphatic carbocycles. The van der Waals surface area contributed by atoms with Crippen LogP contribution in [0.3, 0.4) is 0 Å². The second kappa shape index (κ2) is 8.30. The largest absolute Gasteiger partial charge is 0.330 e. The number of benzene rings is 1. The molecule has 0 atom stereocenters. The van der Waals surface area contributed by atoms with Crippen LogP contribution in [0.4, 0.5) is 10.8 Å². The van der Waals surface area contributed by atoms with Gasteiger partial charge < -0.3 is 5.32 Å². The molecule has 1 N–H and O–H groups in total. The van der Waals surface area contributed by atoms with E-state index in [0.29, 0.717) is 22.1 Å². The highest BCUT2D eigenvalue weighted by atomic mass is 35.5. The Morgan fingerprint density at radius 3 is 2.93 bits per heavy atom. The molecule has 142 valence electrons. The topological polar surface area (TPSA) is 72.2 Å². The van der Waals surface area contributed by atoms with Crippen LogP contribution in [0.1, 0.15) is 18.2 Å². The van der Waals surface area contributed by atoms with Crippen molar-refractivity contribution in [3.63, 3.8) is 0 Å². The molecule has 0 spiro atoms. The fourth-order valence-corrected chi connectivity index (χ4v) is 4.54. The average Bonchev–Trinajstić information content (AvgIpc) is 3.15. The van der Waals surface area contributed by atoms with Gasteiger partial charge in [0.05, 0.1) is 10.7 Å². The summed E-state index contributed by atoms with van der Waals surface area (Å²) in [6.07, 6.45) is 2.51. The first-order chi connectivity index (χ1) is 13.6. The third kappa shape index (κ3) is 4.19. The highest BCUT2D eigenvalue weighted by Gasteiger charge is 2.09. The number of fused-ring (bicyclic) bond motifs is 1. The standard InChI is InChI=1S/C19H16ClN5OS2/c1-2-12-5-3-4-6-15(12)22-18-23-24-19(28-18)27-11-14-9-17(26)25-10-13(20)7-8-16(25)21-14/h3-10H,2,11H2,1H3,(H,22,23). The molecule has 1 aromatic carbocycles. The van der Waals surface area contributed by atoms with Crippen LogP contribution in [-0.4, -0.2) is 19.6 Å². The summed E-state index contributed by atoms with van der Waals surface area (Å²) in [7, 11) is 0. The molecule has 0 radical (unpaired) electrons. The van der Waals surface area contributed by atoms with E-state index in [1.165, 1.54) is 39.1 Å². The van der Waals surface area contributed by atoms with Gasteiger partial charge >= 0.3 is 0 Å². The number of aryl methyl sites for hydroxylation is 1. The van der Waals surface area contributed by atoms with Crippen LogP contribution in [0, 0.1) is 0 Å². The van der Waals surface area contributed by atoms with E-state index in [1.807, 2.05) is 18.2 Å². The Kier molecular flexibility index (Phi) is 5.61. The summed E-state index contributed by atoms with van der Waals surface area (Å²) >= 11 is 8.92. The minimum atomic E-state index is -0.154. The van der Waals surface area contributed by atoms with E-state index in [2.05, 4.69) is 33.5 Å². The monoisotopic (exact) mass is 429 g/mol. The second-order valence-corrected chi connectivity index (χ2v) is 8.60. The van der Waals surface area contributed by atoms with Gasteiger partial charge in [0.1, 0.15) is 5.65 Å². The number of rotatable bonds is 6. The molecule has 6 nitrogen and oxygen atoms in total. The number of hydrogen-bond acceptors (Lipinski definition) is 7. The van der Waals surface area contributed by atoms with Crippen LogP contribution >= 0.6 is 34.7 Å². The average molecular weight is 430 g/mol. The van der Waals surface area contributed by atoms with E-state index in [4.69, 9.17) is 11.6 Å². The zero-order chi connectivity index (χ0) is 19.5. The molecule has 3 aromatic heterocycles. The Morgan fingerprint density at radius 2 is 2.07 bits per heavy atom. The number of thioether (sulfide) groups is 1. The SMILES string of the molecule is CCc1ccccc1Nc1nnc(SCc2cc(=O)n3cc(Cl)ccc3n2)s1. The molecule has 4 rings (SSSR count). The van der Waals surface area contributed by atoms with Gasteiger partial charge in [0.2, 0.25) is 5.13 Å². The van der Waals surface area contributed by atoms with Gasteiger partial charge in [-0.25, -0.2) is 4.98 Å². The molecule has 0 aliphatic heterocycles. The van der Waals surface area contributed by atoms with Gasteiger partial charge in [0.15, 0.2) is 4.34 Å². The molecule has 9 heteroatoms. The number of nitrogens with zero attached hydrogens (tertiary/aromatic N) is 4. The molecule has 0 bridgehead atoms. The normalized spacial score (nSPS) is 11.1. The Balaban J connectivity index is 1.47. The zero-order valence-corrected chi connectivity index (χ0v) is 17.3. The van der Waals surface area contributed by atoms with Gasteiger partial charge in [0.25, 0.3) is 5.56 Å². The number of halogens is 1. The lowest BCUT2D eigenvalue weighted by atomic mass is 10.1. The van der Waals surface area contributed by atoms with Gasteiger partial charge in [0, 0.05) is 23.7 Å². The van der Waals surface area contributed by atoms with Crippen molar-refractivity contribution in [2.45, 2.75) is 23.4 Å². The first-order valence-electron chi connectivity index (χ1n) is 8.61. The molecule has 0 fully saturated rings. The van der Waals surface area contributed by atoms with Gasteiger partial charge in [-0.05, 0) is 30.2 Å². The molecular weight excluding hydrogens is 414 g/mol. The van der Waals surface area contributed by atoms with E-state index in [0.717, 1.165) is 21.6 Å². The summed E-state index contributed by atoms with van der Waals surface area (Å²) in [5.41, 5.74) is 3.38. The van der Waals surface area contributed by atoms with Crippen molar-refractivity contribution < 1.29 is 0 Å². The van der Waals surface area contributed by atoms with Gasteiger partial charge in [-0.3, -0.25) is 9.20 Å². The Morgan fingerprint density at radius 1 is 1.21 bits per heavy atom. The van der Waals surface area contributed by atoms with Crippen molar-refractivity contribution in [2.75, 3.05) is 5.32 Å². The third-order valence-corrected chi connectivity index (χ3v) is 6.30. The van der Waals surface area contributed by atoms with Crippen LogP contribution in [0.2, 0.25) is 5.02 Å². The van der Waals surface area contributed by atoms with Crippen molar-refractivity contribution in [3.05, 3.63) is 75.3 Å². The lowest BCUT2D eigenvalue weighted by molar-refractivity contribution is 1.00. The molecular formula is C19H16ClN5OS2. The van der Waals surface area contributed by atoms with E-state index in [1.54, 1.807) is 18.3 Å². The summed E-state index contributed by atoms with van der Waals surface area (Å²) < 4.78 is 2.25. The smallest absolute Gasteiger partial charge is 0.258 e. The summed E-state index contributed by atoms with van der Waals surface area (Å²) in [5, 5.41) is 13.0.